The number of ether oxygens (including phenoxy) is 1. The number of aryl methyl sites for hydroxylation is 1. The molecule has 1 aliphatic carbocycles. The molecule has 2 aromatic rings. The smallest absolute Gasteiger partial charge is 0.153 e. The van der Waals surface area contributed by atoms with Crippen LogP contribution in [-0.2, 0) is 11.3 Å². The topological polar surface area (TPSA) is 58.5 Å². The van der Waals surface area contributed by atoms with Crippen molar-refractivity contribution in [2.24, 2.45) is 5.41 Å². The molecule has 1 atom stereocenters. The molecule has 162 valence electrons. The van der Waals surface area contributed by atoms with E-state index in [4.69, 9.17) is 37.9 Å². The zero-order valence-electron chi connectivity index (χ0n) is 17.3. The van der Waals surface area contributed by atoms with Gasteiger partial charge in [0.25, 0.3) is 0 Å². The molecule has 0 bridgehead atoms. The maximum atomic E-state index is 10.00. The number of hydrogen-bond acceptors (Lipinski definition) is 6. The van der Waals surface area contributed by atoms with E-state index < -0.39 is 0 Å². The fourth-order valence-corrected chi connectivity index (χ4v) is 6.03. The van der Waals surface area contributed by atoms with E-state index in [9.17, 15) is 5.11 Å². The van der Waals surface area contributed by atoms with E-state index >= 15 is 0 Å². The SMILES string of the molecule is CO[C@@H]1CCC2(CCN(c3nc(C)c(Sc4cccc(Cl)c4Cl)nc3CO)CC2)C1. The van der Waals surface area contributed by atoms with E-state index in [1.807, 2.05) is 26.2 Å². The monoisotopic (exact) mass is 467 g/mol. The highest BCUT2D eigenvalue weighted by Gasteiger charge is 2.42. The van der Waals surface area contributed by atoms with E-state index in [0.29, 0.717) is 27.3 Å². The average molecular weight is 468 g/mol. The van der Waals surface area contributed by atoms with Crippen LogP contribution >= 0.6 is 35.0 Å². The third-order valence-electron chi connectivity index (χ3n) is 6.46. The van der Waals surface area contributed by atoms with Crippen LogP contribution in [0.25, 0.3) is 0 Å². The van der Waals surface area contributed by atoms with Crippen molar-refractivity contribution >= 4 is 40.8 Å². The second-order valence-electron chi connectivity index (χ2n) is 8.28. The number of halogens is 2. The number of rotatable bonds is 5. The number of methoxy groups -OCH3 is 1. The first-order chi connectivity index (χ1) is 14.4. The van der Waals surface area contributed by atoms with Gasteiger partial charge in [-0.25, -0.2) is 9.97 Å². The molecule has 4 rings (SSSR count). The molecule has 2 heterocycles. The molecule has 0 amide bonds. The number of benzene rings is 1. The maximum absolute atomic E-state index is 10.00. The number of aromatic nitrogens is 2. The number of aliphatic hydroxyl groups is 1. The fraction of sp³-hybridized carbons (Fsp3) is 0.545. The van der Waals surface area contributed by atoms with E-state index in [1.54, 1.807) is 6.07 Å². The second kappa shape index (κ2) is 9.21. The molecule has 8 heteroatoms. The Morgan fingerprint density at radius 2 is 2.00 bits per heavy atom. The molecule has 0 radical (unpaired) electrons. The Kier molecular flexibility index (Phi) is 6.80. The molecule has 1 aromatic heterocycles. The molecular weight excluding hydrogens is 441 g/mol. The lowest BCUT2D eigenvalue weighted by Gasteiger charge is -2.40. The zero-order chi connectivity index (χ0) is 21.3. The summed E-state index contributed by atoms with van der Waals surface area (Å²) >= 11 is 13.9. The van der Waals surface area contributed by atoms with Crippen LogP contribution in [0.4, 0.5) is 5.82 Å². The molecule has 1 saturated heterocycles. The summed E-state index contributed by atoms with van der Waals surface area (Å²) in [5, 5.41) is 11.8. The largest absolute Gasteiger partial charge is 0.390 e. The summed E-state index contributed by atoms with van der Waals surface area (Å²) in [6.07, 6.45) is 6.23. The molecule has 1 spiro atoms. The van der Waals surface area contributed by atoms with Gasteiger partial charge in [-0.15, -0.1) is 0 Å². The molecule has 1 aromatic carbocycles. The van der Waals surface area contributed by atoms with Crippen LogP contribution < -0.4 is 4.90 Å². The van der Waals surface area contributed by atoms with Crippen LogP contribution in [0.1, 0.15) is 43.5 Å². The summed E-state index contributed by atoms with van der Waals surface area (Å²) in [5.41, 5.74) is 1.83. The number of nitrogens with zero attached hydrogens (tertiary/aromatic N) is 3. The Bertz CT molecular complexity index is 919. The molecule has 2 fully saturated rings. The van der Waals surface area contributed by atoms with Crippen LogP contribution in [0.2, 0.25) is 10.0 Å². The summed E-state index contributed by atoms with van der Waals surface area (Å²) in [7, 11) is 1.82. The van der Waals surface area contributed by atoms with Gasteiger partial charge < -0.3 is 14.7 Å². The van der Waals surface area contributed by atoms with Crippen molar-refractivity contribution in [3.63, 3.8) is 0 Å². The first kappa shape index (κ1) is 22.2. The van der Waals surface area contributed by atoms with Crippen molar-refractivity contribution in [3.05, 3.63) is 39.6 Å². The minimum atomic E-state index is -0.146. The van der Waals surface area contributed by atoms with E-state index in [-0.39, 0.29) is 6.61 Å². The van der Waals surface area contributed by atoms with Gasteiger partial charge in [-0.3, -0.25) is 0 Å². The third-order valence-corrected chi connectivity index (χ3v) is 8.54. The molecule has 1 saturated carbocycles. The molecule has 30 heavy (non-hydrogen) atoms. The normalized spacial score (nSPS) is 20.8. The Morgan fingerprint density at radius 1 is 1.23 bits per heavy atom. The standard InChI is InChI=1S/C22H27Cl2N3O2S/c1-14-21(30-18-5-3-4-16(23)19(18)24)26-17(13-28)20(25-14)27-10-8-22(9-11-27)7-6-15(12-22)29-2/h3-5,15,28H,6-13H2,1-2H3/t15-/m1/s1. The van der Waals surface area contributed by atoms with Crippen molar-refractivity contribution in [3.8, 4) is 0 Å². The van der Waals surface area contributed by atoms with Crippen molar-refractivity contribution in [2.75, 3.05) is 25.1 Å². The van der Waals surface area contributed by atoms with Gasteiger partial charge in [-0.05, 0) is 56.6 Å². The summed E-state index contributed by atoms with van der Waals surface area (Å²) in [4.78, 5) is 12.7. The Balaban J connectivity index is 1.52. The van der Waals surface area contributed by atoms with Crippen molar-refractivity contribution in [2.45, 2.75) is 61.7 Å². The summed E-state index contributed by atoms with van der Waals surface area (Å²) in [5.74, 6) is 0.799. The minimum Gasteiger partial charge on any atom is -0.390 e. The third kappa shape index (κ3) is 4.44. The predicted molar refractivity (Wildman–Crippen MR) is 122 cm³/mol. The van der Waals surface area contributed by atoms with Crippen molar-refractivity contribution in [1.29, 1.82) is 0 Å². The quantitative estimate of drug-likeness (QED) is 0.624. The molecule has 1 N–H and O–H groups in total. The van der Waals surface area contributed by atoms with Crippen LogP contribution in [-0.4, -0.2) is 41.4 Å². The Morgan fingerprint density at radius 3 is 2.67 bits per heavy atom. The van der Waals surface area contributed by atoms with Gasteiger partial charge in [-0.1, -0.05) is 41.0 Å². The molecule has 1 aliphatic heterocycles. The average Bonchev–Trinajstić information content (AvgIpc) is 3.16. The van der Waals surface area contributed by atoms with Gasteiger partial charge in [0.1, 0.15) is 10.7 Å². The predicted octanol–water partition coefficient (Wildman–Crippen LogP) is 5.52. The lowest BCUT2D eigenvalue weighted by atomic mass is 9.77. The lowest BCUT2D eigenvalue weighted by molar-refractivity contribution is 0.0894. The van der Waals surface area contributed by atoms with Crippen molar-refractivity contribution < 1.29 is 9.84 Å². The van der Waals surface area contributed by atoms with Gasteiger partial charge in [0, 0.05) is 25.1 Å². The molecule has 5 nitrogen and oxygen atoms in total. The number of anilines is 1. The summed E-state index contributed by atoms with van der Waals surface area (Å²) in [6, 6.07) is 5.53. The van der Waals surface area contributed by atoms with Gasteiger partial charge >= 0.3 is 0 Å². The van der Waals surface area contributed by atoms with Gasteiger partial charge in [0.15, 0.2) is 5.82 Å². The molecular formula is C22H27Cl2N3O2S. The zero-order valence-corrected chi connectivity index (χ0v) is 19.7. The Labute approximate surface area is 192 Å². The second-order valence-corrected chi connectivity index (χ2v) is 10.1. The van der Waals surface area contributed by atoms with Crippen LogP contribution in [0.15, 0.2) is 28.1 Å². The van der Waals surface area contributed by atoms with Gasteiger partial charge in [0.2, 0.25) is 0 Å². The minimum absolute atomic E-state index is 0.146. The number of hydrogen-bond donors (Lipinski definition) is 1. The van der Waals surface area contributed by atoms with Crippen LogP contribution in [0, 0.1) is 12.3 Å². The maximum Gasteiger partial charge on any atom is 0.153 e. The first-order valence-electron chi connectivity index (χ1n) is 10.3. The number of aliphatic hydroxyl groups excluding tert-OH is 1. The first-order valence-corrected chi connectivity index (χ1v) is 11.9. The van der Waals surface area contributed by atoms with Crippen molar-refractivity contribution in [1.82, 2.24) is 9.97 Å². The van der Waals surface area contributed by atoms with E-state index in [0.717, 1.165) is 60.2 Å². The van der Waals surface area contributed by atoms with Crippen LogP contribution in [0.5, 0.6) is 0 Å². The summed E-state index contributed by atoms with van der Waals surface area (Å²) < 4.78 is 5.59. The molecule has 2 aliphatic rings. The molecule has 0 unspecified atom stereocenters. The van der Waals surface area contributed by atoms with Gasteiger partial charge in [0.05, 0.1) is 28.5 Å². The highest BCUT2D eigenvalue weighted by Crippen LogP contribution is 2.48. The van der Waals surface area contributed by atoms with Gasteiger partial charge in [-0.2, -0.15) is 0 Å². The van der Waals surface area contributed by atoms with E-state index in [1.165, 1.54) is 18.2 Å². The Hall–Kier alpha value is -1.05. The number of piperidine rings is 1. The fourth-order valence-electron chi connectivity index (χ4n) is 4.65. The highest BCUT2D eigenvalue weighted by atomic mass is 35.5. The van der Waals surface area contributed by atoms with Crippen LogP contribution in [0.3, 0.4) is 0 Å². The van der Waals surface area contributed by atoms with E-state index in [2.05, 4.69) is 4.90 Å². The lowest BCUT2D eigenvalue weighted by Crippen LogP contribution is -2.40. The summed E-state index contributed by atoms with van der Waals surface area (Å²) in [6.45, 7) is 3.67. The highest BCUT2D eigenvalue weighted by molar-refractivity contribution is 7.99.